The molecule has 3 aliphatic rings. The molecule has 4 heterocycles. The smallest absolute Gasteiger partial charge is 0.306 e. The minimum atomic E-state index is -0.798. The number of carbonyl (C=O) groups is 1. The molecule has 2 bridgehead atoms. The summed E-state index contributed by atoms with van der Waals surface area (Å²) in [6.07, 6.45) is 4.74. The Labute approximate surface area is 222 Å². The van der Waals surface area contributed by atoms with Crippen molar-refractivity contribution in [3.8, 4) is 16.9 Å². The Morgan fingerprint density at radius 2 is 2.08 bits per heavy atom. The summed E-state index contributed by atoms with van der Waals surface area (Å²) in [7, 11) is 0. The Hall–Kier alpha value is -3.29. The third-order valence-electron chi connectivity index (χ3n) is 8.21. The average Bonchev–Trinajstić information content (AvgIpc) is 3.53. The first-order chi connectivity index (χ1) is 18.3. The van der Waals surface area contributed by atoms with Crippen LogP contribution in [0.2, 0.25) is 0 Å². The third-order valence-corrected chi connectivity index (χ3v) is 8.21. The lowest BCUT2D eigenvalue weighted by Gasteiger charge is -2.30. The Morgan fingerprint density at radius 1 is 1.21 bits per heavy atom. The SMILES string of the molecule is Cc1cc(-c2ccc(C3CCc4ccc(CC(C)C(=O)O)cc4O3)cc2CN2CC3CC2CO3)c(F)cn1. The highest BCUT2D eigenvalue weighted by Crippen LogP contribution is 2.39. The number of likely N-dealkylation sites (tertiary alicyclic amines) is 1. The molecular formula is C31H33FN2O4. The van der Waals surface area contributed by atoms with Gasteiger partial charge in [0, 0.05) is 30.4 Å². The Kier molecular flexibility index (Phi) is 6.66. The van der Waals surface area contributed by atoms with Crippen LogP contribution in [0.15, 0.2) is 48.7 Å². The van der Waals surface area contributed by atoms with Crippen LogP contribution in [-0.4, -0.2) is 46.3 Å². The predicted octanol–water partition coefficient (Wildman–Crippen LogP) is 5.50. The van der Waals surface area contributed by atoms with Crippen LogP contribution in [0.5, 0.6) is 5.75 Å². The van der Waals surface area contributed by atoms with Gasteiger partial charge in [-0.15, -0.1) is 0 Å². The van der Waals surface area contributed by atoms with Crippen molar-refractivity contribution in [1.29, 1.82) is 0 Å². The maximum atomic E-state index is 14.9. The van der Waals surface area contributed by atoms with Gasteiger partial charge in [-0.25, -0.2) is 4.39 Å². The molecule has 0 amide bonds. The summed E-state index contributed by atoms with van der Waals surface area (Å²) in [5, 5.41) is 9.30. The van der Waals surface area contributed by atoms with Crippen molar-refractivity contribution in [3.05, 3.63) is 82.4 Å². The molecule has 0 saturated carbocycles. The van der Waals surface area contributed by atoms with E-state index in [2.05, 4.69) is 28.1 Å². The van der Waals surface area contributed by atoms with Crippen LogP contribution in [0.25, 0.3) is 11.1 Å². The number of aryl methyl sites for hydroxylation is 2. The zero-order valence-corrected chi connectivity index (χ0v) is 21.8. The summed E-state index contributed by atoms with van der Waals surface area (Å²) >= 11 is 0. The number of benzene rings is 2. The Balaban J connectivity index is 1.30. The molecule has 4 unspecified atom stereocenters. The van der Waals surface area contributed by atoms with Crippen LogP contribution >= 0.6 is 0 Å². The highest BCUT2D eigenvalue weighted by molar-refractivity contribution is 5.70. The first-order valence-corrected chi connectivity index (χ1v) is 13.5. The van der Waals surface area contributed by atoms with Crippen molar-refractivity contribution < 1.29 is 23.8 Å². The number of hydrogen-bond acceptors (Lipinski definition) is 5. The van der Waals surface area contributed by atoms with Gasteiger partial charge in [-0.3, -0.25) is 14.7 Å². The van der Waals surface area contributed by atoms with E-state index >= 15 is 0 Å². The molecule has 2 aromatic carbocycles. The van der Waals surface area contributed by atoms with Crippen molar-refractivity contribution in [3.63, 3.8) is 0 Å². The van der Waals surface area contributed by atoms with Gasteiger partial charge in [0.25, 0.3) is 0 Å². The molecule has 6 nitrogen and oxygen atoms in total. The number of morpholine rings is 1. The quantitative estimate of drug-likeness (QED) is 0.447. The van der Waals surface area contributed by atoms with Crippen molar-refractivity contribution in [1.82, 2.24) is 9.88 Å². The van der Waals surface area contributed by atoms with E-state index in [1.165, 1.54) is 6.20 Å². The fraction of sp³-hybridized carbons (Fsp3) is 0.419. The third kappa shape index (κ3) is 4.93. The van der Waals surface area contributed by atoms with Gasteiger partial charge in [-0.2, -0.15) is 0 Å². The van der Waals surface area contributed by atoms with Crippen LogP contribution in [0.1, 0.15) is 53.8 Å². The number of ether oxygens (including phenoxy) is 2. The Morgan fingerprint density at radius 3 is 2.84 bits per heavy atom. The van der Waals surface area contributed by atoms with E-state index in [1.807, 2.05) is 31.2 Å². The van der Waals surface area contributed by atoms with E-state index in [9.17, 15) is 14.3 Å². The molecule has 38 heavy (non-hydrogen) atoms. The number of pyridine rings is 1. The standard InChI is InChI=1S/C31H33FN2O4/c1-18(31(35)36)9-20-3-4-21-6-8-29(38-30(21)11-20)22-5-7-26(27-10-19(2)33-14-28(27)32)23(12-22)15-34-16-25-13-24(34)17-37-25/h3-5,7,10-12,14,18,24-25,29H,6,8-9,13,15-17H2,1-2H3,(H,35,36). The zero-order chi connectivity index (χ0) is 26.4. The lowest BCUT2D eigenvalue weighted by Crippen LogP contribution is -2.36. The minimum absolute atomic E-state index is 0.121. The monoisotopic (exact) mass is 516 g/mol. The summed E-state index contributed by atoms with van der Waals surface area (Å²) in [6, 6.07) is 14.5. The second kappa shape index (κ2) is 10.1. The molecule has 0 radical (unpaired) electrons. The number of hydrogen-bond donors (Lipinski definition) is 1. The van der Waals surface area contributed by atoms with E-state index in [-0.39, 0.29) is 11.9 Å². The van der Waals surface area contributed by atoms with E-state index in [0.717, 1.165) is 78.2 Å². The molecule has 0 aliphatic carbocycles. The van der Waals surface area contributed by atoms with Crippen molar-refractivity contribution in [2.75, 3.05) is 13.2 Å². The first kappa shape index (κ1) is 25.0. The molecule has 2 fully saturated rings. The van der Waals surface area contributed by atoms with E-state index < -0.39 is 11.9 Å². The number of carboxylic acids is 1. The number of aliphatic carboxylic acids is 1. The maximum Gasteiger partial charge on any atom is 0.306 e. The van der Waals surface area contributed by atoms with Gasteiger partial charge in [0.2, 0.25) is 0 Å². The van der Waals surface area contributed by atoms with Gasteiger partial charge in [0.1, 0.15) is 17.7 Å². The normalized spacial score (nSPS) is 23.2. The molecule has 2 saturated heterocycles. The van der Waals surface area contributed by atoms with Gasteiger partial charge < -0.3 is 14.6 Å². The van der Waals surface area contributed by atoms with Gasteiger partial charge in [0.15, 0.2) is 0 Å². The second-order valence-corrected chi connectivity index (χ2v) is 11.0. The summed E-state index contributed by atoms with van der Waals surface area (Å²) in [4.78, 5) is 17.9. The highest BCUT2D eigenvalue weighted by Gasteiger charge is 2.39. The van der Waals surface area contributed by atoms with Gasteiger partial charge in [-0.05, 0) is 72.6 Å². The molecular weight excluding hydrogens is 483 g/mol. The Bertz CT molecular complexity index is 1380. The first-order valence-electron chi connectivity index (χ1n) is 13.5. The molecule has 6 rings (SSSR count). The van der Waals surface area contributed by atoms with Crippen LogP contribution in [-0.2, 0) is 28.9 Å². The van der Waals surface area contributed by atoms with Crippen LogP contribution < -0.4 is 4.74 Å². The molecule has 4 atom stereocenters. The summed E-state index contributed by atoms with van der Waals surface area (Å²) in [5.41, 5.74) is 6.51. The number of nitrogens with zero attached hydrogens (tertiary/aromatic N) is 2. The lowest BCUT2D eigenvalue weighted by atomic mass is 9.91. The van der Waals surface area contributed by atoms with Gasteiger partial charge in [0.05, 0.1) is 24.8 Å². The topological polar surface area (TPSA) is 71.9 Å². The molecule has 3 aromatic rings. The number of rotatable bonds is 7. The minimum Gasteiger partial charge on any atom is -0.485 e. The van der Waals surface area contributed by atoms with Gasteiger partial charge >= 0.3 is 5.97 Å². The van der Waals surface area contributed by atoms with E-state index in [1.54, 1.807) is 6.92 Å². The molecule has 1 aromatic heterocycles. The second-order valence-electron chi connectivity index (χ2n) is 11.0. The molecule has 3 aliphatic heterocycles. The lowest BCUT2D eigenvalue weighted by molar-refractivity contribution is -0.141. The van der Waals surface area contributed by atoms with Crippen LogP contribution in [0.4, 0.5) is 4.39 Å². The van der Waals surface area contributed by atoms with E-state index in [4.69, 9.17) is 9.47 Å². The molecule has 198 valence electrons. The molecule has 0 spiro atoms. The zero-order valence-electron chi connectivity index (χ0n) is 21.8. The fourth-order valence-electron chi connectivity index (χ4n) is 6.07. The summed E-state index contributed by atoms with van der Waals surface area (Å²) in [5.74, 6) is -0.743. The number of aromatic nitrogens is 1. The summed E-state index contributed by atoms with van der Waals surface area (Å²) < 4.78 is 27.2. The number of fused-ring (bicyclic) bond motifs is 3. The maximum absolute atomic E-state index is 14.9. The molecule has 7 heteroatoms. The molecule has 1 N–H and O–H groups in total. The van der Waals surface area contributed by atoms with Crippen molar-refractivity contribution in [2.45, 2.75) is 64.3 Å². The summed E-state index contributed by atoms with van der Waals surface area (Å²) in [6.45, 7) is 5.99. The fourth-order valence-corrected chi connectivity index (χ4v) is 6.07. The van der Waals surface area contributed by atoms with Crippen molar-refractivity contribution in [2.24, 2.45) is 5.92 Å². The largest absolute Gasteiger partial charge is 0.485 e. The van der Waals surface area contributed by atoms with Crippen LogP contribution in [0.3, 0.4) is 0 Å². The highest BCUT2D eigenvalue weighted by atomic mass is 19.1. The van der Waals surface area contributed by atoms with Crippen molar-refractivity contribution >= 4 is 5.97 Å². The predicted molar refractivity (Wildman–Crippen MR) is 142 cm³/mol. The number of carboxylic acid groups (broad SMARTS) is 1. The number of halogens is 1. The average molecular weight is 517 g/mol. The van der Waals surface area contributed by atoms with Crippen LogP contribution in [0, 0.1) is 18.7 Å². The van der Waals surface area contributed by atoms with E-state index in [0.29, 0.717) is 24.1 Å². The van der Waals surface area contributed by atoms with Gasteiger partial charge in [-0.1, -0.05) is 37.3 Å².